The van der Waals surface area contributed by atoms with E-state index in [2.05, 4.69) is 34.8 Å². The van der Waals surface area contributed by atoms with E-state index < -0.39 is 0 Å². The Morgan fingerprint density at radius 1 is 1.34 bits per heavy atom. The number of hydrogen-bond donors (Lipinski definition) is 1. The molecule has 1 aliphatic heterocycles. The van der Waals surface area contributed by atoms with Gasteiger partial charge < -0.3 is 10.2 Å². The summed E-state index contributed by atoms with van der Waals surface area (Å²) in [5, 5.41) is 12.4. The number of amides is 1. The third kappa shape index (κ3) is 6.32. The first-order chi connectivity index (χ1) is 15.3. The van der Waals surface area contributed by atoms with Crippen molar-refractivity contribution in [1.29, 1.82) is 5.26 Å². The van der Waals surface area contributed by atoms with Gasteiger partial charge in [-0.1, -0.05) is 39.5 Å². The molecule has 0 radical (unpaired) electrons. The first-order valence-electron chi connectivity index (χ1n) is 11.7. The second kappa shape index (κ2) is 12.9. The van der Waals surface area contributed by atoms with Crippen LogP contribution < -0.4 is 10.2 Å². The van der Waals surface area contributed by atoms with E-state index in [1.54, 1.807) is 6.08 Å². The average Bonchev–Trinajstić information content (AvgIpc) is 2.82. The van der Waals surface area contributed by atoms with Gasteiger partial charge in [0, 0.05) is 30.9 Å². The molecule has 0 spiro atoms. The molecule has 0 unspecified atom stereocenters. The quantitative estimate of drug-likeness (QED) is 0.417. The second-order valence-corrected chi connectivity index (χ2v) is 8.21. The number of nitrogens with zero attached hydrogens (tertiary/aromatic N) is 3. The van der Waals surface area contributed by atoms with E-state index in [4.69, 9.17) is 0 Å². The van der Waals surface area contributed by atoms with E-state index in [1.807, 2.05) is 65.9 Å². The molecule has 1 saturated heterocycles. The summed E-state index contributed by atoms with van der Waals surface area (Å²) in [4.78, 5) is 19.7. The summed E-state index contributed by atoms with van der Waals surface area (Å²) < 4.78 is 0. The lowest BCUT2D eigenvalue weighted by molar-refractivity contribution is -0.133. The van der Waals surface area contributed by atoms with E-state index in [0.717, 1.165) is 54.9 Å². The lowest BCUT2D eigenvalue weighted by Gasteiger charge is -2.41. The highest BCUT2D eigenvalue weighted by atomic mass is 16.2. The number of anilines is 1. The largest absolute Gasteiger partial charge is 0.357 e. The average molecular weight is 437 g/mol. The molecule has 1 N–H and O–H groups in total. The Balaban J connectivity index is 0.00000249. The molecule has 0 aliphatic carbocycles. The van der Waals surface area contributed by atoms with Gasteiger partial charge in [0.05, 0.1) is 17.1 Å². The molecular weight excluding hydrogens is 396 g/mol. The van der Waals surface area contributed by atoms with Gasteiger partial charge in [-0.15, -0.1) is 0 Å². The van der Waals surface area contributed by atoms with Gasteiger partial charge >= 0.3 is 0 Å². The number of carbonyl (C=O) groups is 1. The molecule has 2 rings (SSSR count). The van der Waals surface area contributed by atoms with E-state index in [1.165, 1.54) is 0 Å². The lowest BCUT2D eigenvalue weighted by atomic mass is 9.75. The topological polar surface area (TPSA) is 69.0 Å². The van der Waals surface area contributed by atoms with Crippen molar-refractivity contribution in [2.75, 3.05) is 18.0 Å². The molecule has 0 bridgehead atoms. The Bertz CT molecular complexity index is 864. The summed E-state index contributed by atoms with van der Waals surface area (Å²) in [6.07, 6.45) is 7.96. The number of pyridine rings is 1. The minimum Gasteiger partial charge on any atom is -0.357 e. The van der Waals surface area contributed by atoms with Crippen LogP contribution in [0.3, 0.4) is 0 Å². The Hall–Kier alpha value is -2.87. The molecule has 1 aromatic heterocycles. The molecule has 1 fully saturated rings. The predicted octanol–water partition coefficient (Wildman–Crippen LogP) is 6.06. The van der Waals surface area contributed by atoms with Crippen molar-refractivity contribution in [2.45, 2.75) is 73.8 Å². The van der Waals surface area contributed by atoms with Crippen LogP contribution in [0.2, 0.25) is 0 Å². The molecular formula is C27H40N4O. The van der Waals surface area contributed by atoms with Gasteiger partial charge in [-0.05, 0) is 70.2 Å². The Morgan fingerprint density at radius 3 is 2.38 bits per heavy atom. The van der Waals surface area contributed by atoms with Crippen LogP contribution in [0.15, 0.2) is 48.2 Å². The maximum Gasteiger partial charge on any atom is 0.226 e. The number of nitriles is 1. The number of nitrogens with one attached hydrogen (secondary N) is 1. The van der Waals surface area contributed by atoms with Crippen LogP contribution >= 0.6 is 0 Å². The van der Waals surface area contributed by atoms with Crippen LogP contribution in [-0.2, 0) is 4.79 Å². The van der Waals surface area contributed by atoms with Crippen molar-refractivity contribution in [3.8, 4) is 6.07 Å². The fourth-order valence-corrected chi connectivity index (χ4v) is 4.08. The molecule has 0 atom stereocenters. The van der Waals surface area contributed by atoms with Crippen LogP contribution in [0, 0.1) is 16.7 Å². The Kier molecular flexibility index (Phi) is 10.9. The highest BCUT2D eigenvalue weighted by Crippen LogP contribution is 2.36. The minimum atomic E-state index is -0.279. The number of aromatic nitrogens is 1. The molecule has 1 aliphatic rings. The van der Waals surface area contributed by atoms with Gasteiger partial charge in [-0.3, -0.25) is 4.79 Å². The fraction of sp³-hybridized carbons (Fsp3) is 0.519. The monoisotopic (exact) mass is 436 g/mol. The zero-order chi connectivity index (χ0) is 24.3. The maximum atomic E-state index is 12.7. The standard InChI is InChI=1S/C25H34N4O.C2H6/c1-7-20(16-26)19(6)22(8-2)21-10-11-23(27-17-21)29-14-12-25(9-3,13-15-29)24(30)28-18(4)5;1-2/h7-8,10-11,17-18H,1,9,12-15H2,2-6H3,(H,28,30);1-2H3/b20-19-,22-8+;. The van der Waals surface area contributed by atoms with Crippen molar-refractivity contribution in [3.05, 3.63) is 53.8 Å². The zero-order valence-corrected chi connectivity index (χ0v) is 21.0. The Morgan fingerprint density at radius 2 is 1.97 bits per heavy atom. The lowest BCUT2D eigenvalue weighted by Crippen LogP contribution is -2.50. The molecule has 32 heavy (non-hydrogen) atoms. The van der Waals surface area contributed by atoms with Crippen molar-refractivity contribution < 1.29 is 4.79 Å². The minimum absolute atomic E-state index is 0.161. The first kappa shape index (κ1) is 27.2. The highest BCUT2D eigenvalue weighted by Gasteiger charge is 2.40. The van der Waals surface area contributed by atoms with Crippen LogP contribution in [0.25, 0.3) is 5.57 Å². The van der Waals surface area contributed by atoms with E-state index in [0.29, 0.717) is 5.57 Å². The van der Waals surface area contributed by atoms with Crippen LogP contribution in [0.5, 0.6) is 0 Å². The molecule has 1 aromatic rings. The highest BCUT2D eigenvalue weighted by molar-refractivity contribution is 5.83. The van der Waals surface area contributed by atoms with Crippen molar-refractivity contribution in [2.24, 2.45) is 5.41 Å². The van der Waals surface area contributed by atoms with Crippen LogP contribution in [-0.4, -0.2) is 30.0 Å². The fourth-order valence-electron chi connectivity index (χ4n) is 4.08. The summed E-state index contributed by atoms with van der Waals surface area (Å²) in [6, 6.07) is 6.43. The summed E-state index contributed by atoms with van der Waals surface area (Å²) in [7, 11) is 0. The predicted molar refractivity (Wildman–Crippen MR) is 135 cm³/mol. The van der Waals surface area contributed by atoms with Crippen molar-refractivity contribution in [3.63, 3.8) is 0 Å². The smallest absolute Gasteiger partial charge is 0.226 e. The Labute approximate surface area is 194 Å². The summed E-state index contributed by atoms with van der Waals surface area (Å²) in [5.41, 5.74) is 3.15. The van der Waals surface area contributed by atoms with Crippen molar-refractivity contribution >= 4 is 17.3 Å². The number of carbonyl (C=O) groups excluding carboxylic acids is 1. The first-order valence-corrected chi connectivity index (χ1v) is 11.7. The summed E-state index contributed by atoms with van der Waals surface area (Å²) in [5.74, 6) is 1.10. The number of piperidine rings is 1. The maximum absolute atomic E-state index is 12.7. The SMILES string of the molecule is C=C/C(C#N)=C(C)/C(=C\C)c1ccc(N2CCC(CC)(C(=O)NC(C)C)CC2)nc1.CC. The van der Waals surface area contributed by atoms with Crippen molar-refractivity contribution in [1.82, 2.24) is 10.3 Å². The number of rotatable bonds is 7. The van der Waals surface area contributed by atoms with Gasteiger partial charge in [0.15, 0.2) is 0 Å². The van der Waals surface area contributed by atoms with Crippen LogP contribution in [0.1, 0.15) is 73.3 Å². The number of hydrogen-bond acceptors (Lipinski definition) is 4. The second-order valence-electron chi connectivity index (χ2n) is 8.21. The molecule has 1 amide bonds. The van der Waals surface area contributed by atoms with Gasteiger partial charge in [0.1, 0.15) is 5.82 Å². The molecule has 0 saturated carbocycles. The summed E-state index contributed by atoms with van der Waals surface area (Å²) in [6.45, 7) is 19.4. The molecule has 174 valence electrons. The van der Waals surface area contributed by atoms with Gasteiger partial charge in [-0.25, -0.2) is 4.98 Å². The number of allylic oxidation sites excluding steroid dienone is 5. The third-order valence-corrected chi connectivity index (χ3v) is 6.10. The van der Waals surface area contributed by atoms with Gasteiger partial charge in [-0.2, -0.15) is 5.26 Å². The third-order valence-electron chi connectivity index (χ3n) is 6.10. The zero-order valence-electron chi connectivity index (χ0n) is 21.0. The molecule has 0 aromatic carbocycles. The van der Waals surface area contributed by atoms with Gasteiger partial charge in [0.25, 0.3) is 0 Å². The van der Waals surface area contributed by atoms with Gasteiger partial charge in [0.2, 0.25) is 5.91 Å². The van der Waals surface area contributed by atoms with E-state index in [9.17, 15) is 10.1 Å². The van der Waals surface area contributed by atoms with E-state index in [-0.39, 0.29) is 17.4 Å². The molecule has 2 heterocycles. The van der Waals surface area contributed by atoms with Crippen LogP contribution in [0.4, 0.5) is 5.82 Å². The summed E-state index contributed by atoms with van der Waals surface area (Å²) >= 11 is 0. The molecule has 5 nitrogen and oxygen atoms in total. The van der Waals surface area contributed by atoms with E-state index >= 15 is 0 Å². The molecule has 5 heteroatoms. The normalized spacial score (nSPS) is 16.3.